The minimum absolute atomic E-state index is 1.01. The number of fused-ring (bicyclic) bond motifs is 5. The summed E-state index contributed by atoms with van der Waals surface area (Å²) in [5.74, 6) is 0. The Bertz CT molecular complexity index is 3200. The first-order chi connectivity index (χ1) is 28.2. The highest BCUT2D eigenvalue weighted by Crippen LogP contribution is 2.51. The molecule has 0 amide bonds. The van der Waals surface area contributed by atoms with E-state index in [2.05, 4.69) is 211 Å². The van der Waals surface area contributed by atoms with Crippen molar-refractivity contribution >= 4 is 80.9 Å². The molecule has 0 radical (unpaired) electrons. The summed E-state index contributed by atoms with van der Waals surface area (Å²) < 4.78 is 3.70. The normalized spacial score (nSPS) is 11.5. The van der Waals surface area contributed by atoms with Gasteiger partial charge in [0.25, 0.3) is 0 Å². The van der Waals surface area contributed by atoms with Crippen molar-refractivity contribution in [2.75, 3.05) is 4.90 Å². The molecular weight excluding hydrogens is 729 g/mol. The molecule has 0 aliphatic heterocycles. The van der Waals surface area contributed by atoms with E-state index in [1.165, 1.54) is 74.7 Å². The Morgan fingerprint density at radius 1 is 0.351 bits per heavy atom. The predicted molar refractivity (Wildman–Crippen MR) is 246 cm³/mol. The highest BCUT2D eigenvalue weighted by molar-refractivity contribution is 7.27. The van der Waals surface area contributed by atoms with Gasteiger partial charge in [0.15, 0.2) is 0 Å². The maximum absolute atomic E-state index is 5.39. The van der Waals surface area contributed by atoms with Crippen LogP contribution in [0.15, 0.2) is 206 Å². The third-order valence-corrected chi connectivity index (χ3v) is 13.2. The van der Waals surface area contributed by atoms with Crippen LogP contribution in [0.5, 0.6) is 0 Å². The van der Waals surface area contributed by atoms with Crippen molar-refractivity contribution < 1.29 is 0 Å². The van der Waals surface area contributed by atoms with Crippen LogP contribution in [0.1, 0.15) is 0 Å². The Kier molecular flexibility index (Phi) is 8.24. The van der Waals surface area contributed by atoms with Gasteiger partial charge in [0.05, 0.1) is 20.6 Å². The van der Waals surface area contributed by atoms with Gasteiger partial charge in [0.2, 0.25) is 0 Å². The lowest BCUT2D eigenvalue weighted by molar-refractivity contribution is 1.31. The van der Waals surface area contributed by atoms with Gasteiger partial charge in [-0.05, 0) is 86.6 Å². The van der Waals surface area contributed by atoms with Crippen LogP contribution < -0.4 is 4.90 Å². The van der Waals surface area contributed by atoms with Gasteiger partial charge in [-0.15, -0.1) is 22.7 Å². The summed E-state index contributed by atoms with van der Waals surface area (Å²) in [6, 6.07) is 74.5. The van der Waals surface area contributed by atoms with Crippen molar-refractivity contribution in [1.82, 2.24) is 4.98 Å². The Balaban J connectivity index is 1.10. The smallest absolute Gasteiger partial charge is 0.124 e. The third kappa shape index (κ3) is 6.07. The summed E-state index contributed by atoms with van der Waals surface area (Å²) in [6.45, 7) is 0. The molecule has 0 saturated carbocycles. The number of thiophene rings is 1. The zero-order chi connectivity index (χ0) is 37.7. The van der Waals surface area contributed by atoms with Gasteiger partial charge in [-0.1, -0.05) is 164 Å². The first-order valence-corrected chi connectivity index (χ1v) is 20.8. The van der Waals surface area contributed by atoms with Crippen molar-refractivity contribution in [3.63, 3.8) is 0 Å². The van der Waals surface area contributed by atoms with Crippen molar-refractivity contribution in [2.45, 2.75) is 0 Å². The van der Waals surface area contributed by atoms with Crippen LogP contribution in [-0.2, 0) is 0 Å². The molecule has 0 atom stereocenters. The summed E-state index contributed by atoms with van der Waals surface area (Å²) in [4.78, 5) is 7.85. The molecule has 57 heavy (non-hydrogen) atoms. The summed E-state index contributed by atoms with van der Waals surface area (Å²) in [6.07, 6.45) is 0. The van der Waals surface area contributed by atoms with Gasteiger partial charge < -0.3 is 4.90 Å². The van der Waals surface area contributed by atoms with Crippen LogP contribution in [0.2, 0.25) is 0 Å². The average Bonchev–Trinajstić information content (AvgIpc) is 3.89. The molecule has 268 valence electrons. The molecule has 0 aliphatic rings. The zero-order valence-electron chi connectivity index (χ0n) is 30.8. The first-order valence-electron chi connectivity index (χ1n) is 19.2. The monoisotopic (exact) mass is 762 g/mol. The van der Waals surface area contributed by atoms with Gasteiger partial charge in [-0.3, -0.25) is 0 Å². The lowest BCUT2D eigenvalue weighted by Crippen LogP contribution is -2.10. The van der Waals surface area contributed by atoms with Crippen molar-refractivity contribution in [2.24, 2.45) is 0 Å². The molecule has 0 N–H and O–H groups in total. The van der Waals surface area contributed by atoms with E-state index in [0.717, 1.165) is 27.5 Å². The van der Waals surface area contributed by atoms with Crippen molar-refractivity contribution in [3.05, 3.63) is 206 Å². The molecule has 9 aromatic carbocycles. The second-order valence-electron chi connectivity index (χ2n) is 14.4. The molecular formula is C53H34N2S2. The molecule has 0 unspecified atom stereocenters. The molecule has 2 aromatic heterocycles. The largest absolute Gasteiger partial charge is 0.308 e. The molecule has 0 spiro atoms. The van der Waals surface area contributed by atoms with E-state index in [0.29, 0.717) is 0 Å². The highest BCUT2D eigenvalue weighted by Gasteiger charge is 2.24. The lowest BCUT2D eigenvalue weighted by Gasteiger charge is -2.27. The van der Waals surface area contributed by atoms with E-state index in [-0.39, 0.29) is 0 Å². The van der Waals surface area contributed by atoms with Crippen LogP contribution in [-0.4, -0.2) is 4.98 Å². The highest BCUT2D eigenvalue weighted by atomic mass is 32.1. The molecule has 11 aromatic rings. The standard InChI is InChI=1S/C53H34N2S2/c1-3-11-35(12-4-1)38-19-21-39(22-20-38)41-27-31-45(32-28-41)55(44-29-25-40(26-30-44)36-13-5-2-6-14-36)50-51-47(46-17-9-10-18-49(46)56-51)34-48-52(50)57-53(54-48)43-24-23-37-15-7-8-16-42(37)33-43/h1-34H. The van der Waals surface area contributed by atoms with E-state index in [1.54, 1.807) is 11.3 Å². The topological polar surface area (TPSA) is 16.1 Å². The number of nitrogens with zero attached hydrogens (tertiary/aromatic N) is 2. The SMILES string of the molecule is c1ccc(-c2ccc(-c3ccc(N(c4ccc(-c5ccccc5)cc4)c4c5sc(-c6ccc7ccccc7c6)nc5cc5c4sc4ccccc45)cc3)cc2)cc1. The van der Waals surface area contributed by atoms with Gasteiger partial charge in [-0.25, -0.2) is 4.98 Å². The number of anilines is 3. The minimum atomic E-state index is 1.01. The summed E-state index contributed by atoms with van der Waals surface area (Å²) in [5.41, 5.74) is 12.7. The Hall–Kier alpha value is -6.85. The quantitative estimate of drug-likeness (QED) is 0.161. The molecule has 0 saturated heterocycles. The van der Waals surface area contributed by atoms with Crippen LogP contribution in [0.3, 0.4) is 0 Å². The van der Waals surface area contributed by atoms with E-state index in [4.69, 9.17) is 4.98 Å². The van der Waals surface area contributed by atoms with Gasteiger partial charge >= 0.3 is 0 Å². The number of aromatic nitrogens is 1. The fourth-order valence-electron chi connectivity index (χ4n) is 8.00. The number of hydrogen-bond donors (Lipinski definition) is 0. The molecule has 11 rings (SSSR count). The third-order valence-electron chi connectivity index (χ3n) is 10.9. The second-order valence-corrected chi connectivity index (χ2v) is 16.4. The van der Waals surface area contributed by atoms with Crippen LogP contribution in [0.4, 0.5) is 17.1 Å². The molecule has 0 fully saturated rings. The first kappa shape index (κ1) is 33.5. The lowest BCUT2D eigenvalue weighted by atomic mass is 10.00. The van der Waals surface area contributed by atoms with Crippen molar-refractivity contribution in [1.29, 1.82) is 0 Å². The molecule has 0 aliphatic carbocycles. The van der Waals surface area contributed by atoms with E-state index < -0.39 is 0 Å². The fourth-order valence-corrected chi connectivity index (χ4v) is 10.4. The van der Waals surface area contributed by atoms with Crippen LogP contribution in [0.25, 0.3) is 85.1 Å². The summed E-state index contributed by atoms with van der Waals surface area (Å²) in [7, 11) is 0. The number of rotatable bonds is 7. The molecule has 2 nitrogen and oxygen atoms in total. The molecule has 4 heteroatoms. The fraction of sp³-hybridized carbons (Fsp3) is 0. The second kappa shape index (κ2) is 14.0. The maximum atomic E-state index is 5.39. The Labute approximate surface area is 339 Å². The van der Waals surface area contributed by atoms with E-state index >= 15 is 0 Å². The Morgan fingerprint density at radius 3 is 1.46 bits per heavy atom. The van der Waals surface area contributed by atoms with E-state index in [9.17, 15) is 0 Å². The zero-order valence-corrected chi connectivity index (χ0v) is 32.5. The van der Waals surface area contributed by atoms with Gasteiger partial charge in [0, 0.05) is 32.4 Å². The summed E-state index contributed by atoms with van der Waals surface area (Å²) >= 11 is 3.65. The number of thiazole rings is 1. The predicted octanol–water partition coefficient (Wildman–Crippen LogP) is 16.0. The summed E-state index contributed by atoms with van der Waals surface area (Å²) in [5, 5.41) is 5.96. The van der Waals surface area contributed by atoms with Crippen LogP contribution in [0, 0.1) is 0 Å². The van der Waals surface area contributed by atoms with Gasteiger partial charge in [0.1, 0.15) is 5.01 Å². The average molecular weight is 763 g/mol. The number of benzene rings is 9. The Morgan fingerprint density at radius 2 is 0.842 bits per heavy atom. The maximum Gasteiger partial charge on any atom is 0.124 e. The molecule has 2 heterocycles. The van der Waals surface area contributed by atoms with E-state index in [1.807, 2.05) is 11.3 Å². The van der Waals surface area contributed by atoms with Crippen molar-refractivity contribution in [3.8, 4) is 44.0 Å². The molecule has 0 bridgehead atoms. The van der Waals surface area contributed by atoms with Gasteiger partial charge in [-0.2, -0.15) is 0 Å². The number of hydrogen-bond acceptors (Lipinski definition) is 4. The van der Waals surface area contributed by atoms with Crippen LogP contribution >= 0.6 is 22.7 Å². The minimum Gasteiger partial charge on any atom is -0.308 e.